The molecule has 0 bridgehead atoms. The van der Waals surface area contributed by atoms with E-state index in [-0.39, 0.29) is 11.9 Å². The molecule has 3 heteroatoms. The van der Waals surface area contributed by atoms with E-state index < -0.39 is 0 Å². The van der Waals surface area contributed by atoms with Gasteiger partial charge in [0, 0.05) is 25.2 Å². The van der Waals surface area contributed by atoms with E-state index in [1.54, 1.807) is 6.08 Å². The molecule has 0 aromatic heterocycles. The summed E-state index contributed by atoms with van der Waals surface area (Å²) in [5.74, 6) is 0.0893. The molecule has 1 amide bonds. The number of carbonyl (C=O) groups is 1. The molecular weight excluding hydrogens is 236 g/mol. The third-order valence-electron chi connectivity index (χ3n) is 3.66. The first-order valence-corrected chi connectivity index (χ1v) is 7.00. The monoisotopic (exact) mass is 258 g/mol. The largest absolute Gasteiger partial charge is 0.339 e. The Morgan fingerprint density at radius 2 is 1.95 bits per heavy atom. The summed E-state index contributed by atoms with van der Waals surface area (Å²) in [5, 5.41) is 0. The maximum atomic E-state index is 12.0. The van der Waals surface area contributed by atoms with Gasteiger partial charge in [0.05, 0.1) is 0 Å². The van der Waals surface area contributed by atoms with Gasteiger partial charge in [-0.15, -0.1) is 0 Å². The van der Waals surface area contributed by atoms with Gasteiger partial charge in [-0.3, -0.25) is 4.79 Å². The number of hydrogen-bond donors (Lipinski definition) is 1. The number of benzene rings is 1. The fraction of sp³-hybridized carbons (Fsp3) is 0.438. The minimum atomic E-state index is 0.0893. The molecule has 0 aliphatic carbocycles. The molecule has 0 atom stereocenters. The zero-order valence-corrected chi connectivity index (χ0v) is 11.5. The minimum Gasteiger partial charge on any atom is -0.339 e. The summed E-state index contributed by atoms with van der Waals surface area (Å²) in [6, 6.07) is 8.56. The molecule has 0 spiro atoms. The molecule has 3 nitrogen and oxygen atoms in total. The summed E-state index contributed by atoms with van der Waals surface area (Å²) in [5.41, 5.74) is 8.22. The summed E-state index contributed by atoms with van der Waals surface area (Å²) in [6.07, 6.45) is 6.40. The minimum absolute atomic E-state index is 0.0893. The first-order valence-electron chi connectivity index (χ1n) is 7.00. The smallest absolute Gasteiger partial charge is 0.246 e. The highest BCUT2D eigenvalue weighted by Crippen LogP contribution is 2.10. The molecule has 1 aromatic rings. The number of nitrogens with two attached hydrogens (primary N) is 1. The predicted molar refractivity (Wildman–Crippen MR) is 78.6 cm³/mol. The Morgan fingerprint density at radius 3 is 2.53 bits per heavy atom. The van der Waals surface area contributed by atoms with Crippen LogP contribution in [0.15, 0.2) is 30.3 Å². The van der Waals surface area contributed by atoms with Gasteiger partial charge in [0.1, 0.15) is 0 Å². The van der Waals surface area contributed by atoms with Crippen LogP contribution in [0, 0.1) is 0 Å². The standard InChI is InChI=1S/C16H22N2O/c1-2-13-3-5-14(6-4-13)7-8-16(19)18-11-9-15(17)10-12-18/h3-8,15H,2,9-12,17H2,1H3/b8-7+. The second kappa shape index (κ2) is 6.53. The molecule has 0 unspecified atom stereocenters. The average molecular weight is 258 g/mol. The molecule has 1 heterocycles. The van der Waals surface area contributed by atoms with Crippen LogP contribution in [0.2, 0.25) is 0 Å². The van der Waals surface area contributed by atoms with Crippen LogP contribution in [0.1, 0.15) is 30.9 Å². The van der Waals surface area contributed by atoms with Gasteiger partial charge in [-0.2, -0.15) is 0 Å². The zero-order chi connectivity index (χ0) is 13.7. The van der Waals surface area contributed by atoms with Crippen molar-refractivity contribution in [3.05, 3.63) is 41.5 Å². The molecule has 1 fully saturated rings. The number of aryl methyl sites for hydroxylation is 1. The molecule has 1 aromatic carbocycles. The van der Waals surface area contributed by atoms with Gasteiger partial charge in [0.2, 0.25) is 5.91 Å². The first-order chi connectivity index (χ1) is 9.19. The number of likely N-dealkylation sites (tertiary alicyclic amines) is 1. The maximum absolute atomic E-state index is 12.0. The van der Waals surface area contributed by atoms with Crippen LogP contribution < -0.4 is 5.73 Å². The SMILES string of the molecule is CCc1ccc(/C=C/C(=O)N2CCC(N)CC2)cc1. The van der Waals surface area contributed by atoms with Crippen molar-refractivity contribution >= 4 is 12.0 Å². The van der Waals surface area contributed by atoms with Crippen molar-refractivity contribution in [1.29, 1.82) is 0 Å². The Labute approximate surface area is 115 Å². The highest BCUT2D eigenvalue weighted by molar-refractivity contribution is 5.91. The van der Waals surface area contributed by atoms with E-state index >= 15 is 0 Å². The van der Waals surface area contributed by atoms with Crippen molar-refractivity contribution < 1.29 is 4.79 Å². The summed E-state index contributed by atoms with van der Waals surface area (Å²) >= 11 is 0. The number of piperidine rings is 1. The third-order valence-corrected chi connectivity index (χ3v) is 3.66. The van der Waals surface area contributed by atoms with Gasteiger partial charge in [0.25, 0.3) is 0 Å². The zero-order valence-electron chi connectivity index (χ0n) is 11.5. The molecule has 0 radical (unpaired) electrons. The van der Waals surface area contributed by atoms with Crippen LogP contribution in [-0.2, 0) is 11.2 Å². The van der Waals surface area contributed by atoms with E-state index in [9.17, 15) is 4.79 Å². The molecule has 1 aliphatic heterocycles. The van der Waals surface area contributed by atoms with Crippen molar-refractivity contribution in [3.63, 3.8) is 0 Å². The van der Waals surface area contributed by atoms with Crippen molar-refractivity contribution in [2.75, 3.05) is 13.1 Å². The van der Waals surface area contributed by atoms with Crippen LogP contribution in [0.3, 0.4) is 0 Å². The summed E-state index contributed by atoms with van der Waals surface area (Å²) in [4.78, 5) is 13.9. The third kappa shape index (κ3) is 3.93. The van der Waals surface area contributed by atoms with E-state index in [0.717, 1.165) is 37.9 Å². The van der Waals surface area contributed by atoms with Gasteiger partial charge < -0.3 is 10.6 Å². The Morgan fingerprint density at radius 1 is 1.32 bits per heavy atom. The van der Waals surface area contributed by atoms with E-state index in [0.29, 0.717) is 0 Å². The molecule has 19 heavy (non-hydrogen) atoms. The second-order valence-corrected chi connectivity index (χ2v) is 5.09. The molecule has 2 N–H and O–H groups in total. The lowest BCUT2D eigenvalue weighted by molar-refractivity contribution is -0.126. The van der Waals surface area contributed by atoms with Gasteiger partial charge >= 0.3 is 0 Å². The van der Waals surface area contributed by atoms with Crippen molar-refractivity contribution in [2.45, 2.75) is 32.2 Å². The lowest BCUT2D eigenvalue weighted by Gasteiger charge is -2.29. The lowest BCUT2D eigenvalue weighted by atomic mass is 10.1. The van der Waals surface area contributed by atoms with Crippen molar-refractivity contribution in [2.24, 2.45) is 5.73 Å². The Hall–Kier alpha value is -1.61. The van der Waals surface area contributed by atoms with E-state index in [2.05, 4.69) is 31.2 Å². The van der Waals surface area contributed by atoms with Gasteiger partial charge in [-0.05, 0) is 36.5 Å². The van der Waals surface area contributed by atoms with Gasteiger partial charge in [0.15, 0.2) is 0 Å². The lowest BCUT2D eigenvalue weighted by Crippen LogP contribution is -2.42. The van der Waals surface area contributed by atoms with E-state index in [1.165, 1.54) is 5.56 Å². The van der Waals surface area contributed by atoms with Crippen LogP contribution in [0.25, 0.3) is 6.08 Å². The van der Waals surface area contributed by atoms with Crippen LogP contribution >= 0.6 is 0 Å². The maximum Gasteiger partial charge on any atom is 0.246 e. The molecule has 102 valence electrons. The fourth-order valence-electron chi connectivity index (χ4n) is 2.26. The number of carbonyl (C=O) groups excluding carboxylic acids is 1. The predicted octanol–water partition coefficient (Wildman–Crippen LogP) is 2.21. The molecule has 0 saturated carbocycles. The van der Waals surface area contributed by atoms with E-state index in [1.807, 2.05) is 11.0 Å². The number of amides is 1. The topological polar surface area (TPSA) is 46.3 Å². The second-order valence-electron chi connectivity index (χ2n) is 5.09. The Balaban J connectivity index is 1.92. The molecular formula is C16H22N2O. The summed E-state index contributed by atoms with van der Waals surface area (Å²) in [7, 11) is 0. The molecule has 1 aliphatic rings. The van der Waals surface area contributed by atoms with Crippen LogP contribution in [0.4, 0.5) is 0 Å². The van der Waals surface area contributed by atoms with Crippen molar-refractivity contribution in [3.8, 4) is 0 Å². The molecule has 1 saturated heterocycles. The van der Waals surface area contributed by atoms with Crippen LogP contribution in [0.5, 0.6) is 0 Å². The Bertz CT molecular complexity index is 442. The fourth-order valence-corrected chi connectivity index (χ4v) is 2.26. The summed E-state index contributed by atoms with van der Waals surface area (Å²) in [6.45, 7) is 3.69. The number of rotatable bonds is 3. The van der Waals surface area contributed by atoms with Gasteiger partial charge in [-0.1, -0.05) is 31.2 Å². The van der Waals surface area contributed by atoms with Crippen LogP contribution in [-0.4, -0.2) is 29.9 Å². The normalized spacial score (nSPS) is 17.1. The average Bonchev–Trinajstić information content (AvgIpc) is 2.46. The highest BCUT2D eigenvalue weighted by Gasteiger charge is 2.18. The van der Waals surface area contributed by atoms with Gasteiger partial charge in [-0.25, -0.2) is 0 Å². The Kier molecular flexibility index (Phi) is 4.74. The number of nitrogens with zero attached hydrogens (tertiary/aromatic N) is 1. The number of hydrogen-bond acceptors (Lipinski definition) is 2. The van der Waals surface area contributed by atoms with Crippen molar-refractivity contribution in [1.82, 2.24) is 4.90 Å². The molecule has 2 rings (SSSR count). The quantitative estimate of drug-likeness (QED) is 0.845. The van der Waals surface area contributed by atoms with E-state index in [4.69, 9.17) is 5.73 Å². The summed E-state index contributed by atoms with van der Waals surface area (Å²) < 4.78 is 0. The highest BCUT2D eigenvalue weighted by atomic mass is 16.2. The first kappa shape index (κ1) is 13.8.